The minimum atomic E-state index is -3.74. The van der Waals surface area contributed by atoms with E-state index in [1.165, 1.54) is 6.07 Å². The molecule has 1 saturated heterocycles. The molecule has 1 aromatic carbocycles. The number of piperidine rings is 1. The first-order chi connectivity index (χ1) is 16.1. The zero-order valence-corrected chi connectivity index (χ0v) is 20.5. The molecule has 0 unspecified atom stereocenters. The maximum absolute atomic E-state index is 14.1. The molecule has 1 atom stereocenters. The van der Waals surface area contributed by atoms with Crippen LogP contribution in [0.5, 0.6) is 0 Å². The van der Waals surface area contributed by atoms with Crippen LogP contribution in [0.1, 0.15) is 71.5 Å². The SMILES string of the molecule is Cc1cc(C2CC2)nc2cc([C@@H]3CCCCN3C(=O)c3cc(Cl)c(F)cc3NS(C)(=O)=O)nn12. The monoisotopic (exact) mass is 505 g/mol. The number of carbonyl (C=O) groups excluding carboxylic acids is 1. The first-order valence-electron chi connectivity index (χ1n) is 11.3. The molecule has 2 aromatic heterocycles. The Balaban J connectivity index is 1.53. The number of hydrogen-bond donors (Lipinski definition) is 1. The molecule has 2 aliphatic rings. The fourth-order valence-electron chi connectivity index (χ4n) is 4.56. The van der Waals surface area contributed by atoms with E-state index in [0.717, 1.165) is 60.7 Å². The predicted octanol–water partition coefficient (Wildman–Crippen LogP) is 4.45. The van der Waals surface area contributed by atoms with Crippen molar-refractivity contribution in [1.29, 1.82) is 0 Å². The van der Waals surface area contributed by atoms with E-state index in [0.29, 0.717) is 18.9 Å². The Labute approximate surface area is 202 Å². The lowest BCUT2D eigenvalue weighted by Crippen LogP contribution is -2.39. The van der Waals surface area contributed by atoms with Crippen LogP contribution in [0, 0.1) is 12.7 Å². The highest BCUT2D eigenvalue weighted by Crippen LogP contribution is 2.40. The van der Waals surface area contributed by atoms with Crippen molar-refractivity contribution in [3.05, 3.63) is 57.8 Å². The first kappa shape index (κ1) is 23.0. The highest BCUT2D eigenvalue weighted by Gasteiger charge is 2.33. The van der Waals surface area contributed by atoms with Crippen molar-refractivity contribution in [2.45, 2.75) is 51.0 Å². The standard InChI is InChI=1S/C23H25ClFN5O3S/c1-13-9-18(14-6-7-14)26-22-12-20(27-30(13)22)21-5-3-4-8-29(21)23(31)15-10-16(24)17(25)11-19(15)28-34(2,32)33/h9-12,14,21,28H,3-8H2,1-2H3/t21-/m0/s1. The molecule has 1 aliphatic carbocycles. The van der Waals surface area contributed by atoms with E-state index >= 15 is 0 Å². The molecule has 1 saturated carbocycles. The Kier molecular flexibility index (Phi) is 5.76. The van der Waals surface area contributed by atoms with Crippen LogP contribution >= 0.6 is 11.6 Å². The lowest BCUT2D eigenvalue weighted by Gasteiger charge is -2.35. The van der Waals surface area contributed by atoms with E-state index in [-0.39, 0.29) is 22.3 Å². The van der Waals surface area contributed by atoms with Crippen LogP contribution in [0.4, 0.5) is 10.1 Å². The lowest BCUT2D eigenvalue weighted by atomic mass is 9.98. The highest BCUT2D eigenvalue weighted by atomic mass is 35.5. The van der Waals surface area contributed by atoms with Gasteiger partial charge in [0.15, 0.2) is 5.65 Å². The van der Waals surface area contributed by atoms with Crippen LogP contribution in [0.3, 0.4) is 0 Å². The van der Waals surface area contributed by atoms with E-state index in [9.17, 15) is 17.6 Å². The van der Waals surface area contributed by atoms with E-state index < -0.39 is 21.7 Å². The summed E-state index contributed by atoms with van der Waals surface area (Å²) >= 11 is 5.96. The molecule has 180 valence electrons. The van der Waals surface area contributed by atoms with Crippen molar-refractivity contribution in [3.8, 4) is 0 Å². The number of aromatic nitrogens is 3. The summed E-state index contributed by atoms with van der Waals surface area (Å²) in [6.07, 6.45) is 5.66. The van der Waals surface area contributed by atoms with Gasteiger partial charge in [-0.25, -0.2) is 22.3 Å². The van der Waals surface area contributed by atoms with Gasteiger partial charge in [-0.3, -0.25) is 9.52 Å². The molecule has 1 N–H and O–H groups in total. The lowest BCUT2D eigenvalue weighted by molar-refractivity contribution is 0.0607. The normalized spacial score (nSPS) is 18.9. The summed E-state index contributed by atoms with van der Waals surface area (Å²) < 4.78 is 41.8. The molecular formula is C23H25ClFN5O3S. The van der Waals surface area contributed by atoms with Crippen molar-refractivity contribution in [3.63, 3.8) is 0 Å². The van der Waals surface area contributed by atoms with Crippen molar-refractivity contribution in [2.75, 3.05) is 17.5 Å². The van der Waals surface area contributed by atoms with Crippen LogP contribution < -0.4 is 4.72 Å². The average Bonchev–Trinajstić information content (AvgIpc) is 3.53. The molecule has 0 radical (unpaired) electrons. The number of hydrogen-bond acceptors (Lipinski definition) is 5. The Morgan fingerprint density at radius 2 is 1.91 bits per heavy atom. The summed E-state index contributed by atoms with van der Waals surface area (Å²) in [6.45, 7) is 2.45. The summed E-state index contributed by atoms with van der Waals surface area (Å²) in [6, 6.07) is 5.78. The molecule has 5 rings (SSSR count). The van der Waals surface area contributed by atoms with Gasteiger partial charge in [0.25, 0.3) is 5.91 Å². The van der Waals surface area contributed by atoms with Crippen molar-refractivity contribution in [1.82, 2.24) is 19.5 Å². The Hall–Kier alpha value is -2.72. The minimum absolute atomic E-state index is 0.00202. The van der Waals surface area contributed by atoms with Crippen molar-refractivity contribution >= 4 is 38.9 Å². The molecular weight excluding hydrogens is 481 g/mol. The Bertz CT molecular complexity index is 1400. The number of fused-ring (bicyclic) bond motifs is 1. The zero-order valence-electron chi connectivity index (χ0n) is 18.9. The largest absolute Gasteiger partial charge is 0.330 e. The summed E-state index contributed by atoms with van der Waals surface area (Å²) in [4.78, 5) is 20.1. The topological polar surface area (TPSA) is 96.7 Å². The van der Waals surface area contributed by atoms with Gasteiger partial charge in [-0.15, -0.1) is 0 Å². The minimum Gasteiger partial charge on any atom is -0.330 e. The third-order valence-electron chi connectivity index (χ3n) is 6.33. The summed E-state index contributed by atoms with van der Waals surface area (Å²) in [5, 5.41) is 4.51. The maximum atomic E-state index is 14.1. The fraction of sp³-hybridized carbons (Fsp3) is 0.435. The second-order valence-electron chi connectivity index (χ2n) is 9.13. The third-order valence-corrected chi connectivity index (χ3v) is 7.21. The highest BCUT2D eigenvalue weighted by molar-refractivity contribution is 7.92. The van der Waals surface area contributed by atoms with E-state index in [4.69, 9.17) is 21.7 Å². The van der Waals surface area contributed by atoms with Crippen molar-refractivity contribution < 1.29 is 17.6 Å². The second kappa shape index (κ2) is 8.49. The maximum Gasteiger partial charge on any atom is 0.256 e. The summed E-state index contributed by atoms with van der Waals surface area (Å²) in [7, 11) is -3.74. The van der Waals surface area contributed by atoms with Crippen LogP contribution in [0.15, 0.2) is 24.3 Å². The number of halogens is 2. The number of anilines is 1. The van der Waals surface area contributed by atoms with E-state index in [1.807, 2.05) is 13.0 Å². The van der Waals surface area contributed by atoms with Gasteiger partial charge in [0, 0.05) is 36.0 Å². The number of likely N-dealkylation sites (tertiary alicyclic amines) is 1. The molecule has 11 heteroatoms. The molecule has 1 aliphatic heterocycles. The number of aryl methyl sites for hydroxylation is 1. The molecule has 0 bridgehead atoms. The Morgan fingerprint density at radius 3 is 2.62 bits per heavy atom. The fourth-order valence-corrected chi connectivity index (χ4v) is 5.30. The van der Waals surface area contributed by atoms with Gasteiger partial charge in [-0.2, -0.15) is 5.10 Å². The quantitative estimate of drug-likeness (QED) is 0.552. The first-order valence-corrected chi connectivity index (χ1v) is 13.5. The number of nitrogens with one attached hydrogen (secondary N) is 1. The molecule has 2 fully saturated rings. The van der Waals surface area contributed by atoms with Crippen LogP contribution in [-0.4, -0.2) is 46.6 Å². The van der Waals surface area contributed by atoms with Gasteiger partial charge in [-0.05, 0) is 51.2 Å². The third kappa shape index (κ3) is 4.48. The molecule has 1 amide bonds. The Morgan fingerprint density at radius 1 is 1.15 bits per heavy atom. The van der Waals surface area contributed by atoms with E-state index in [1.54, 1.807) is 9.42 Å². The van der Waals surface area contributed by atoms with Gasteiger partial charge >= 0.3 is 0 Å². The molecule has 0 spiro atoms. The summed E-state index contributed by atoms with van der Waals surface area (Å²) in [5.41, 5.74) is 3.39. The summed E-state index contributed by atoms with van der Waals surface area (Å²) in [5.74, 6) is -0.732. The van der Waals surface area contributed by atoms with Crippen LogP contribution in [0.25, 0.3) is 5.65 Å². The van der Waals surface area contributed by atoms with Crippen LogP contribution in [0.2, 0.25) is 5.02 Å². The second-order valence-corrected chi connectivity index (χ2v) is 11.3. The van der Waals surface area contributed by atoms with Gasteiger partial charge < -0.3 is 4.90 Å². The molecule has 8 nitrogen and oxygen atoms in total. The predicted molar refractivity (Wildman–Crippen MR) is 127 cm³/mol. The number of benzene rings is 1. The molecule has 34 heavy (non-hydrogen) atoms. The van der Waals surface area contributed by atoms with Crippen LogP contribution in [-0.2, 0) is 10.0 Å². The van der Waals surface area contributed by atoms with Gasteiger partial charge in [-0.1, -0.05) is 11.6 Å². The molecule has 3 aromatic rings. The van der Waals surface area contributed by atoms with E-state index in [2.05, 4.69) is 10.8 Å². The van der Waals surface area contributed by atoms with Gasteiger partial charge in [0.1, 0.15) is 5.82 Å². The zero-order chi connectivity index (χ0) is 24.2. The number of sulfonamides is 1. The average molecular weight is 506 g/mol. The number of nitrogens with zero attached hydrogens (tertiary/aromatic N) is 4. The molecule has 3 heterocycles. The smallest absolute Gasteiger partial charge is 0.256 e. The number of carbonyl (C=O) groups is 1. The number of amides is 1. The van der Waals surface area contributed by atoms with Crippen molar-refractivity contribution in [2.24, 2.45) is 0 Å². The van der Waals surface area contributed by atoms with Gasteiger partial charge in [0.05, 0.1) is 34.3 Å². The van der Waals surface area contributed by atoms with Gasteiger partial charge in [0.2, 0.25) is 10.0 Å². The number of rotatable bonds is 5.